The van der Waals surface area contributed by atoms with Crippen molar-refractivity contribution in [1.29, 1.82) is 0 Å². The van der Waals surface area contributed by atoms with Crippen LogP contribution in [0.3, 0.4) is 0 Å². The summed E-state index contributed by atoms with van der Waals surface area (Å²) in [4.78, 5) is 3.23. The summed E-state index contributed by atoms with van der Waals surface area (Å²) < 4.78 is 2.99. The first-order valence-electron chi connectivity index (χ1n) is 6.27. The Kier molecular flexibility index (Phi) is 3.27. The van der Waals surface area contributed by atoms with Crippen LogP contribution in [0.2, 0.25) is 5.02 Å². The fourth-order valence-corrected chi connectivity index (χ4v) is 3.05. The monoisotopic (exact) mass is 278 g/mol. The number of benzene rings is 1. The molecule has 0 bridgehead atoms. The van der Waals surface area contributed by atoms with E-state index in [9.17, 15) is 0 Å². The summed E-state index contributed by atoms with van der Waals surface area (Å²) in [5.41, 5.74) is 2.18. The van der Waals surface area contributed by atoms with Crippen molar-refractivity contribution in [2.45, 2.75) is 25.8 Å². The average molecular weight is 279 g/mol. The van der Waals surface area contributed by atoms with Crippen LogP contribution in [0.5, 0.6) is 0 Å². The molecule has 4 heteroatoms. The molecular weight excluding hydrogens is 264 g/mol. The van der Waals surface area contributed by atoms with Crippen molar-refractivity contribution in [1.82, 2.24) is 9.55 Å². The van der Waals surface area contributed by atoms with Gasteiger partial charge >= 0.3 is 0 Å². The minimum Gasteiger partial charge on any atom is -0.331 e. The van der Waals surface area contributed by atoms with E-state index in [1.807, 2.05) is 18.2 Å². The number of imidazole rings is 1. The summed E-state index contributed by atoms with van der Waals surface area (Å²) in [6, 6.07) is 5.90. The van der Waals surface area contributed by atoms with Crippen molar-refractivity contribution in [3.8, 4) is 0 Å². The molecule has 3 rings (SSSR count). The molecule has 94 valence electrons. The van der Waals surface area contributed by atoms with Gasteiger partial charge in [-0.2, -0.15) is 0 Å². The highest BCUT2D eigenvalue weighted by Gasteiger charge is 2.13. The van der Waals surface area contributed by atoms with E-state index in [0.29, 0.717) is 5.92 Å². The Labute approximate surface area is 116 Å². The van der Waals surface area contributed by atoms with Gasteiger partial charge in [0.05, 0.1) is 11.0 Å². The molecule has 1 aromatic heterocycles. The van der Waals surface area contributed by atoms with Crippen molar-refractivity contribution >= 4 is 34.9 Å². The van der Waals surface area contributed by atoms with Gasteiger partial charge in [0.15, 0.2) is 4.77 Å². The van der Waals surface area contributed by atoms with Crippen LogP contribution in [0.1, 0.15) is 19.3 Å². The lowest BCUT2D eigenvalue weighted by molar-refractivity contribution is 0.413. The van der Waals surface area contributed by atoms with E-state index >= 15 is 0 Å². The van der Waals surface area contributed by atoms with Crippen LogP contribution in [0.15, 0.2) is 30.4 Å². The first-order chi connectivity index (χ1) is 8.74. The second-order valence-corrected chi connectivity index (χ2v) is 5.68. The van der Waals surface area contributed by atoms with Gasteiger partial charge in [-0.25, -0.2) is 0 Å². The zero-order valence-corrected chi connectivity index (χ0v) is 11.6. The number of hydrogen-bond acceptors (Lipinski definition) is 1. The molecule has 0 amide bonds. The van der Waals surface area contributed by atoms with E-state index in [0.717, 1.165) is 33.8 Å². The maximum Gasteiger partial charge on any atom is 0.178 e. The van der Waals surface area contributed by atoms with Gasteiger partial charge in [-0.15, -0.1) is 0 Å². The van der Waals surface area contributed by atoms with Gasteiger partial charge in [-0.3, -0.25) is 0 Å². The number of fused-ring (bicyclic) bond motifs is 1. The number of rotatable bonds is 2. The second kappa shape index (κ2) is 4.90. The van der Waals surface area contributed by atoms with E-state index in [1.54, 1.807) is 0 Å². The Balaban J connectivity index is 1.98. The number of nitrogens with zero attached hydrogens (tertiary/aromatic N) is 1. The predicted octanol–water partition coefficient (Wildman–Crippen LogP) is 4.71. The van der Waals surface area contributed by atoms with E-state index in [4.69, 9.17) is 23.8 Å². The zero-order valence-electron chi connectivity index (χ0n) is 10.0. The van der Waals surface area contributed by atoms with E-state index < -0.39 is 0 Å². The third-order valence-corrected chi connectivity index (χ3v) is 4.11. The highest BCUT2D eigenvalue weighted by Crippen LogP contribution is 2.24. The van der Waals surface area contributed by atoms with Gasteiger partial charge < -0.3 is 9.55 Å². The fraction of sp³-hybridized carbons (Fsp3) is 0.357. The van der Waals surface area contributed by atoms with Gasteiger partial charge in [0, 0.05) is 11.6 Å². The Morgan fingerprint density at radius 3 is 3.06 bits per heavy atom. The van der Waals surface area contributed by atoms with Crippen molar-refractivity contribution in [2.75, 3.05) is 0 Å². The van der Waals surface area contributed by atoms with Gasteiger partial charge in [-0.1, -0.05) is 23.8 Å². The van der Waals surface area contributed by atoms with Crippen LogP contribution in [-0.2, 0) is 6.54 Å². The van der Waals surface area contributed by atoms with Gasteiger partial charge in [-0.05, 0) is 55.6 Å². The van der Waals surface area contributed by atoms with Crippen LogP contribution in [-0.4, -0.2) is 9.55 Å². The number of hydrogen-bond donors (Lipinski definition) is 1. The third-order valence-electron chi connectivity index (χ3n) is 3.55. The normalized spacial score (nSPS) is 19.5. The molecule has 1 N–H and O–H groups in total. The topological polar surface area (TPSA) is 20.7 Å². The second-order valence-electron chi connectivity index (χ2n) is 4.85. The predicted molar refractivity (Wildman–Crippen MR) is 78.6 cm³/mol. The summed E-state index contributed by atoms with van der Waals surface area (Å²) in [5.74, 6) is 0.691. The van der Waals surface area contributed by atoms with Crippen LogP contribution in [0.4, 0.5) is 0 Å². The quantitative estimate of drug-likeness (QED) is 0.623. The standard InChI is InChI=1S/C14H15ClN2S/c15-11-6-7-13-12(8-11)16-14(18)17(13)9-10-4-2-1-3-5-10/h1-2,6-8,10H,3-5,9H2,(H,16,18). The lowest BCUT2D eigenvalue weighted by Gasteiger charge is -2.18. The fourth-order valence-electron chi connectivity index (χ4n) is 2.60. The molecule has 2 nitrogen and oxygen atoms in total. The summed E-state index contributed by atoms with van der Waals surface area (Å²) in [5, 5.41) is 0.742. The average Bonchev–Trinajstić information content (AvgIpc) is 2.66. The minimum atomic E-state index is 0.691. The summed E-state index contributed by atoms with van der Waals surface area (Å²) in [6.45, 7) is 0.991. The van der Waals surface area contributed by atoms with Crippen molar-refractivity contribution < 1.29 is 0 Å². The molecule has 1 heterocycles. The van der Waals surface area contributed by atoms with Crippen LogP contribution in [0, 0.1) is 10.7 Å². The first-order valence-corrected chi connectivity index (χ1v) is 7.06. The SMILES string of the molecule is S=c1[nH]c2cc(Cl)ccc2n1CC1CC=CCC1. The number of halogens is 1. The molecule has 1 aliphatic rings. The molecule has 1 unspecified atom stereocenters. The first kappa shape index (κ1) is 12.0. The molecule has 0 spiro atoms. The van der Waals surface area contributed by atoms with E-state index in [1.165, 1.54) is 12.8 Å². The zero-order chi connectivity index (χ0) is 12.5. The molecule has 1 aliphatic carbocycles. The number of aromatic nitrogens is 2. The molecule has 0 radical (unpaired) electrons. The highest BCUT2D eigenvalue weighted by molar-refractivity contribution is 7.71. The number of aromatic amines is 1. The molecule has 2 aromatic rings. The minimum absolute atomic E-state index is 0.691. The molecular formula is C14H15ClN2S. The van der Waals surface area contributed by atoms with Crippen LogP contribution in [0.25, 0.3) is 11.0 Å². The molecule has 1 atom stereocenters. The van der Waals surface area contributed by atoms with Gasteiger partial charge in [0.1, 0.15) is 0 Å². The van der Waals surface area contributed by atoms with Crippen molar-refractivity contribution in [3.05, 3.63) is 40.1 Å². The van der Waals surface area contributed by atoms with Crippen molar-refractivity contribution in [2.24, 2.45) is 5.92 Å². The van der Waals surface area contributed by atoms with E-state index in [-0.39, 0.29) is 0 Å². The summed E-state index contributed by atoms with van der Waals surface area (Å²) in [6.07, 6.45) is 8.14. The molecule has 0 saturated heterocycles. The maximum absolute atomic E-state index is 6.00. The largest absolute Gasteiger partial charge is 0.331 e. The summed E-state index contributed by atoms with van der Waals surface area (Å²) in [7, 11) is 0. The van der Waals surface area contributed by atoms with Gasteiger partial charge in [0.25, 0.3) is 0 Å². The number of allylic oxidation sites excluding steroid dienone is 2. The Morgan fingerprint density at radius 1 is 1.39 bits per heavy atom. The Bertz CT molecular complexity index is 653. The molecule has 0 saturated carbocycles. The van der Waals surface area contributed by atoms with E-state index in [2.05, 4.69) is 21.7 Å². The number of H-pyrrole nitrogens is 1. The van der Waals surface area contributed by atoms with Crippen LogP contribution < -0.4 is 0 Å². The van der Waals surface area contributed by atoms with Gasteiger partial charge in [0.2, 0.25) is 0 Å². The highest BCUT2D eigenvalue weighted by atomic mass is 35.5. The van der Waals surface area contributed by atoms with Crippen LogP contribution >= 0.6 is 23.8 Å². The lowest BCUT2D eigenvalue weighted by atomic mass is 9.94. The molecule has 0 fully saturated rings. The molecule has 1 aromatic carbocycles. The Morgan fingerprint density at radius 2 is 2.28 bits per heavy atom. The number of nitrogens with one attached hydrogen (secondary N) is 1. The summed E-state index contributed by atoms with van der Waals surface area (Å²) >= 11 is 11.4. The molecule has 0 aliphatic heterocycles. The maximum atomic E-state index is 6.00. The van der Waals surface area contributed by atoms with Crippen molar-refractivity contribution in [3.63, 3.8) is 0 Å². The lowest BCUT2D eigenvalue weighted by Crippen LogP contribution is -2.12. The molecule has 18 heavy (non-hydrogen) atoms. The third kappa shape index (κ3) is 2.25. The smallest absolute Gasteiger partial charge is 0.178 e. The Hall–Kier alpha value is -1.06.